The molecule has 0 aliphatic heterocycles. The fourth-order valence-corrected chi connectivity index (χ4v) is 1.40. The number of aryl methyl sites for hydroxylation is 1. The van der Waals surface area contributed by atoms with Gasteiger partial charge in [0.05, 0.1) is 5.69 Å². The lowest BCUT2D eigenvalue weighted by molar-refractivity contribution is 1.22. The molecular formula is C8H12N2S. The van der Waals surface area contributed by atoms with E-state index in [4.69, 9.17) is 0 Å². The molecule has 60 valence electrons. The molecule has 0 atom stereocenters. The van der Waals surface area contributed by atoms with E-state index in [0.29, 0.717) is 0 Å². The maximum Gasteiger partial charge on any atom is 0.183 e. The first-order valence-corrected chi connectivity index (χ1v) is 4.48. The number of allylic oxidation sites excluding steroid dienone is 1. The number of hydrogen-bond donors (Lipinski definition) is 1. The van der Waals surface area contributed by atoms with Gasteiger partial charge >= 0.3 is 0 Å². The Morgan fingerprint density at radius 1 is 1.73 bits per heavy atom. The predicted molar refractivity (Wildman–Crippen MR) is 50.2 cm³/mol. The lowest BCUT2D eigenvalue weighted by atomic mass is 10.5. The van der Waals surface area contributed by atoms with Gasteiger partial charge in [-0.3, -0.25) is 0 Å². The number of hydrogen-bond acceptors (Lipinski definition) is 3. The molecule has 1 heterocycles. The minimum atomic E-state index is 0.865. The lowest BCUT2D eigenvalue weighted by Crippen LogP contribution is -1.96. The van der Waals surface area contributed by atoms with E-state index in [0.717, 1.165) is 17.4 Å². The van der Waals surface area contributed by atoms with Crippen molar-refractivity contribution in [1.82, 2.24) is 4.98 Å². The molecule has 0 saturated carbocycles. The van der Waals surface area contributed by atoms with Crippen LogP contribution in [0.15, 0.2) is 17.5 Å². The Morgan fingerprint density at radius 3 is 3.09 bits per heavy atom. The number of nitrogens with one attached hydrogen (secondary N) is 1. The van der Waals surface area contributed by atoms with Gasteiger partial charge in [0, 0.05) is 11.9 Å². The van der Waals surface area contributed by atoms with Crippen LogP contribution in [0.4, 0.5) is 5.13 Å². The molecule has 0 amide bonds. The molecule has 0 radical (unpaired) electrons. The molecular weight excluding hydrogens is 156 g/mol. The average Bonchev–Trinajstić information content (AvgIpc) is 2.37. The maximum atomic E-state index is 4.26. The number of thiazole rings is 1. The summed E-state index contributed by atoms with van der Waals surface area (Å²) in [5.41, 5.74) is 1.08. The van der Waals surface area contributed by atoms with Crippen LogP contribution in [-0.2, 0) is 0 Å². The van der Waals surface area contributed by atoms with Crippen molar-refractivity contribution in [2.75, 3.05) is 11.9 Å². The highest BCUT2D eigenvalue weighted by molar-refractivity contribution is 7.13. The van der Waals surface area contributed by atoms with Gasteiger partial charge in [-0.05, 0) is 13.8 Å². The van der Waals surface area contributed by atoms with Crippen LogP contribution in [0.1, 0.15) is 12.6 Å². The van der Waals surface area contributed by atoms with Crippen molar-refractivity contribution in [2.24, 2.45) is 0 Å². The van der Waals surface area contributed by atoms with Crippen molar-refractivity contribution < 1.29 is 0 Å². The summed E-state index contributed by atoms with van der Waals surface area (Å²) in [5, 5.41) is 6.23. The third-order valence-corrected chi connectivity index (χ3v) is 2.14. The smallest absolute Gasteiger partial charge is 0.183 e. The first-order valence-electron chi connectivity index (χ1n) is 3.60. The standard InChI is InChI=1S/C8H12N2S/c1-3-4-5-9-8-10-7(2)6-11-8/h3-4,6H,5H2,1-2H3,(H,9,10)/b4-3+. The summed E-state index contributed by atoms with van der Waals surface area (Å²) in [7, 11) is 0. The summed E-state index contributed by atoms with van der Waals surface area (Å²) in [5.74, 6) is 0. The largest absolute Gasteiger partial charge is 0.358 e. The Labute approximate surface area is 71.0 Å². The maximum absolute atomic E-state index is 4.26. The summed E-state index contributed by atoms with van der Waals surface area (Å²) in [4.78, 5) is 4.26. The molecule has 0 spiro atoms. The van der Waals surface area contributed by atoms with Crippen molar-refractivity contribution >= 4 is 16.5 Å². The molecule has 2 nitrogen and oxygen atoms in total. The van der Waals surface area contributed by atoms with Crippen molar-refractivity contribution in [3.8, 4) is 0 Å². The van der Waals surface area contributed by atoms with E-state index in [1.165, 1.54) is 0 Å². The molecule has 3 heteroatoms. The van der Waals surface area contributed by atoms with Gasteiger partial charge in [-0.15, -0.1) is 11.3 Å². The van der Waals surface area contributed by atoms with E-state index in [1.54, 1.807) is 11.3 Å². The van der Waals surface area contributed by atoms with Gasteiger partial charge in [0.25, 0.3) is 0 Å². The van der Waals surface area contributed by atoms with Crippen LogP contribution in [0, 0.1) is 6.92 Å². The lowest BCUT2D eigenvalue weighted by Gasteiger charge is -1.94. The summed E-state index contributed by atoms with van der Waals surface area (Å²) in [6.07, 6.45) is 4.09. The minimum absolute atomic E-state index is 0.865. The normalized spacial score (nSPS) is 10.7. The first-order chi connectivity index (χ1) is 5.33. The molecule has 1 rings (SSSR count). The van der Waals surface area contributed by atoms with Crippen LogP contribution in [0.5, 0.6) is 0 Å². The molecule has 0 unspecified atom stereocenters. The Hall–Kier alpha value is -0.830. The summed E-state index contributed by atoms with van der Waals surface area (Å²) < 4.78 is 0. The van der Waals surface area contributed by atoms with Crippen molar-refractivity contribution in [2.45, 2.75) is 13.8 Å². The zero-order valence-electron chi connectivity index (χ0n) is 6.79. The number of rotatable bonds is 3. The van der Waals surface area contributed by atoms with Gasteiger partial charge in [-0.2, -0.15) is 0 Å². The van der Waals surface area contributed by atoms with Gasteiger partial charge in [0.15, 0.2) is 5.13 Å². The molecule has 1 N–H and O–H groups in total. The molecule has 1 aromatic heterocycles. The van der Waals surface area contributed by atoms with Crippen LogP contribution in [0.25, 0.3) is 0 Å². The molecule has 1 aromatic rings. The monoisotopic (exact) mass is 168 g/mol. The fourth-order valence-electron chi connectivity index (χ4n) is 0.699. The highest BCUT2D eigenvalue weighted by Gasteiger charge is 1.93. The number of nitrogens with zero attached hydrogens (tertiary/aromatic N) is 1. The second-order valence-electron chi connectivity index (χ2n) is 2.24. The summed E-state index contributed by atoms with van der Waals surface area (Å²) in [6.45, 7) is 4.87. The fraction of sp³-hybridized carbons (Fsp3) is 0.375. The van der Waals surface area contributed by atoms with Crippen LogP contribution in [-0.4, -0.2) is 11.5 Å². The van der Waals surface area contributed by atoms with Crippen molar-refractivity contribution in [3.63, 3.8) is 0 Å². The molecule has 0 aliphatic rings. The third kappa shape index (κ3) is 2.72. The number of aromatic nitrogens is 1. The Bertz CT molecular complexity index is 240. The molecule has 0 aliphatic carbocycles. The van der Waals surface area contributed by atoms with Crippen molar-refractivity contribution in [3.05, 3.63) is 23.2 Å². The van der Waals surface area contributed by atoms with Crippen LogP contribution >= 0.6 is 11.3 Å². The van der Waals surface area contributed by atoms with Gasteiger partial charge in [0.2, 0.25) is 0 Å². The van der Waals surface area contributed by atoms with Crippen LogP contribution in [0.2, 0.25) is 0 Å². The van der Waals surface area contributed by atoms with E-state index in [-0.39, 0.29) is 0 Å². The summed E-state index contributed by atoms with van der Waals surface area (Å²) in [6, 6.07) is 0. The molecule has 11 heavy (non-hydrogen) atoms. The Kier molecular flexibility index (Phi) is 3.11. The second kappa shape index (κ2) is 4.13. The SMILES string of the molecule is C/C=C/CNc1nc(C)cs1. The minimum Gasteiger partial charge on any atom is -0.358 e. The van der Waals surface area contributed by atoms with Gasteiger partial charge < -0.3 is 5.32 Å². The highest BCUT2D eigenvalue weighted by atomic mass is 32.1. The van der Waals surface area contributed by atoms with Crippen molar-refractivity contribution in [1.29, 1.82) is 0 Å². The van der Waals surface area contributed by atoms with Gasteiger partial charge in [-0.1, -0.05) is 12.2 Å². The van der Waals surface area contributed by atoms with E-state index >= 15 is 0 Å². The van der Waals surface area contributed by atoms with Gasteiger partial charge in [0.1, 0.15) is 0 Å². The molecule has 0 fully saturated rings. The van der Waals surface area contributed by atoms with E-state index in [2.05, 4.69) is 16.4 Å². The Balaban J connectivity index is 2.38. The zero-order chi connectivity index (χ0) is 8.10. The highest BCUT2D eigenvalue weighted by Crippen LogP contribution is 2.13. The zero-order valence-corrected chi connectivity index (χ0v) is 7.61. The molecule has 0 bridgehead atoms. The van der Waals surface area contributed by atoms with Crippen LogP contribution in [0.3, 0.4) is 0 Å². The topological polar surface area (TPSA) is 24.9 Å². The van der Waals surface area contributed by atoms with Crippen LogP contribution < -0.4 is 5.32 Å². The molecule has 0 saturated heterocycles. The molecule has 0 aromatic carbocycles. The van der Waals surface area contributed by atoms with E-state index < -0.39 is 0 Å². The quantitative estimate of drug-likeness (QED) is 0.701. The predicted octanol–water partition coefficient (Wildman–Crippen LogP) is 2.44. The average molecular weight is 168 g/mol. The second-order valence-corrected chi connectivity index (χ2v) is 3.10. The number of anilines is 1. The third-order valence-electron chi connectivity index (χ3n) is 1.23. The first kappa shape index (κ1) is 8.27. The summed E-state index contributed by atoms with van der Waals surface area (Å²) >= 11 is 1.64. The van der Waals surface area contributed by atoms with Gasteiger partial charge in [-0.25, -0.2) is 4.98 Å². The van der Waals surface area contributed by atoms with E-state index in [1.807, 2.05) is 25.3 Å². The Morgan fingerprint density at radius 2 is 2.55 bits per heavy atom. The van der Waals surface area contributed by atoms with E-state index in [9.17, 15) is 0 Å².